The molecule has 2 aromatic carbocycles. The van der Waals surface area contributed by atoms with Gasteiger partial charge in [-0.3, -0.25) is 9.59 Å². The number of hydrogen-bond acceptors (Lipinski definition) is 4. The number of hydrogen-bond donors (Lipinski definition) is 1. The van der Waals surface area contributed by atoms with Gasteiger partial charge in [-0.1, -0.05) is 68.4 Å². The highest BCUT2D eigenvalue weighted by Crippen LogP contribution is 2.40. The third kappa shape index (κ3) is 3.77. The first kappa shape index (κ1) is 20.4. The number of Topliss-reactive ketones (excluding diaryl/α,β-unsaturated/α-hetero) is 1. The zero-order valence-corrected chi connectivity index (χ0v) is 17.4. The minimum atomic E-state index is -0.646. The maximum atomic E-state index is 13.0. The number of rotatable bonds is 5. The fourth-order valence-corrected chi connectivity index (χ4v) is 4.24. The van der Waals surface area contributed by atoms with Gasteiger partial charge in [0.05, 0.1) is 17.7 Å². The van der Waals surface area contributed by atoms with E-state index >= 15 is 0 Å². The Labute approximate surface area is 177 Å². The molecule has 156 valence electrons. The molecular weight excluding hydrogens is 378 g/mol. The van der Waals surface area contributed by atoms with E-state index < -0.39 is 17.7 Å². The van der Waals surface area contributed by atoms with Crippen LogP contribution in [-0.4, -0.2) is 41.0 Å². The molecule has 5 nitrogen and oxygen atoms in total. The third-order valence-electron chi connectivity index (χ3n) is 5.93. The molecule has 0 aromatic heterocycles. The fourth-order valence-electron chi connectivity index (χ4n) is 4.24. The van der Waals surface area contributed by atoms with Crippen LogP contribution in [0.15, 0.2) is 60.2 Å². The Morgan fingerprint density at radius 3 is 2.40 bits per heavy atom. The zero-order chi connectivity index (χ0) is 21.3. The Hall–Kier alpha value is -2.92. The monoisotopic (exact) mass is 405 g/mol. The highest BCUT2D eigenvalue weighted by molar-refractivity contribution is 6.46. The van der Waals surface area contributed by atoms with E-state index in [9.17, 15) is 14.7 Å². The third-order valence-corrected chi connectivity index (χ3v) is 5.93. The molecule has 0 saturated carbocycles. The van der Waals surface area contributed by atoms with Gasteiger partial charge in [0, 0.05) is 18.7 Å². The summed E-state index contributed by atoms with van der Waals surface area (Å²) in [6.07, 6.45) is 1.73. The minimum Gasteiger partial charge on any atom is -0.507 e. The largest absolute Gasteiger partial charge is 0.507 e. The molecule has 2 aliphatic rings. The van der Waals surface area contributed by atoms with Crippen molar-refractivity contribution in [2.75, 3.05) is 13.2 Å². The van der Waals surface area contributed by atoms with Crippen molar-refractivity contribution in [3.8, 4) is 0 Å². The van der Waals surface area contributed by atoms with Crippen LogP contribution in [0.3, 0.4) is 0 Å². The lowest BCUT2D eigenvalue weighted by Crippen LogP contribution is -2.36. The van der Waals surface area contributed by atoms with Gasteiger partial charge >= 0.3 is 0 Å². The van der Waals surface area contributed by atoms with Gasteiger partial charge in [0.1, 0.15) is 5.76 Å². The summed E-state index contributed by atoms with van der Waals surface area (Å²) in [5.41, 5.74) is 2.66. The second-order valence-electron chi connectivity index (χ2n) is 8.27. The first-order chi connectivity index (χ1) is 14.5. The van der Waals surface area contributed by atoms with Crippen LogP contribution in [0.2, 0.25) is 0 Å². The molecule has 2 saturated heterocycles. The predicted octanol–water partition coefficient (Wildman–Crippen LogP) is 4.41. The highest BCUT2D eigenvalue weighted by Gasteiger charge is 2.47. The Kier molecular flexibility index (Phi) is 5.73. The van der Waals surface area contributed by atoms with Crippen molar-refractivity contribution < 1.29 is 19.4 Å². The molecule has 0 aliphatic carbocycles. The van der Waals surface area contributed by atoms with Gasteiger partial charge in [0.15, 0.2) is 0 Å². The first-order valence-electron chi connectivity index (χ1n) is 10.5. The molecule has 2 heterocycles. The average Bonchev–Trinajstić information content (AvgIpc) is 3.36. The number of nitrogens with zero attached hydrogens (tertiary/aromatic N) is 1. The summed E-state index contributed by atoms with van der Waals surface area (Å²) in [7, 11) is 0. The fraction of sp³-hybridized carbons (Fsp3) is 0.360. The molecule has 2 aliphatic heterocycles. The Balaban J connectivity index is 1.80. The van der Waals surface area contributed by atoms with Gasteiger partial charge in [-0.15, -0.1) is 0 Å². The van der Waals surface area contributed by atoms with E-state index in [1.165, 1.54) is 5.56 Å². The summed E-state index contributed by atoms with van der Waals surface area (Å²) in [5.74, 6) is -0.989. The average molecular weight is 405 g/mol. The van der Waals surface area contributed by atoms with Crippen LogP contribution in [0.5, 0.6) is 0 Å². The summed E-state index contributed by atoms with van der Waals surface area (Å²) < 4.78 is 5.73. The summed E-state index contributed by atoms with van der Waals surface area (Å²) in [5, 5.41) is 11.0. The molecule has 2 aromatic rings. The molecule has 0 radical (unpaired) electrons. The van der Waals surface area contributed by atoms with Gasteiger partial charge < -0.3 is 14.7 Å². The Morgan fingerprint density at radius 1 is 1.10 bits per heavy atom. The van der Waals surface area contributed by atoms with E-state index in [1.807, 2.05) is 30.3 Å². The topological polar surface area (TPSA) is 66.8 Å². The quantitative estimate of drug-likeness (QED) is 0.455. The zero-order valence-electron chi connectivity index (χ0n) is 17.4. The lowest BCUT2D eigenvalue weighted by molar-refractivity contribution is -0.140. The molecule has 4 rings (SSSR count). The maximum absolute atomic E-state index is 13.0. The van der Waals surface area contributed by atoms with Crippen molar-refractivity contribution in [1.29, 1.82) is 0 Å². The van der Waals surface area contributed by atoms with Crippen LogP contribution in [0, 0.1) is 0 Å². The van der Waals surface area contributed by atoms with E-state index in [4.69, 9.17) is 4.74 Å². The van der Waals surface area contributed by atoms with Crippen LogP contribution >= 0.6 is 0 Å². The van der Waals surface area contributed by atoms with Gasteiger partial charge in [0.2, 0.25) is 0 Å². The number of aliphatic hydroxyl groups excluding tert-OH is 1. The molecule has 0 spiro atoms. The minimum absolute atomic E-state index is 0.0857. The maximum Gasteiger partial charge on any atom is 0.295 e. The van der Waals surface area contributed by atoms with Gasteiger partial charge in [-0.25, -0.2) is 0 Å². The van der Waals surface area contributed by atoms with E-state index in [-0.39, 0.29) is 17.4 Å². The molecule has 2 fully saturated rings. The second kappa shape index (κ2) is 8.44. The molecule has 2 atom stereocenters. The number of benzene rings is 2. The SMILES string of the molecule is CC(C)c1ccc([C@H]2C(=C(O)c3ccccc3)C(=O)C(=O)N2C[C@@H]2CCCO2)cc1. The van der Waals surface area contributed by atoms with E-state index in [1.54, 1.807) is 29.2 Å². The van der Waals surface area contributed by atoms with Crippen molar-refractivity contribution in [1.82, 2.24) is 4.90 Å². The number of likely N-dealkylation sites (tertiary alicyclic amines) is 1. The van der Waals surface area contributed by atoms with Crippen molar-refractivity contribution in [2.45, 2.75) is 44.8 Å². The number of carbonyl (C=O) groups is 2. The van der Waals surface area contributed by atoms with Crippen LogP contribution < -0.4 is 0 Å². The lowest BCUT2D eigenvalue weighted by atomic mass is 9.93. The Bertz CT molecular complexity index is 956. The van der Waals surface area contributed by atoms with Crippen LogP contribution in [0.1, 0.15) is 55.3 Å². The smallest absolute Gasteiger partial charge is 0.295 e. The molecule has 1 N–H and O–H groups in total. The van der Waals surface area contributed by atoms with E-state index in [0.29, 0.717) is 24.6 Å². The van der Waals surface area contributed by atoms with Gasteiger partial charge in [0.25, 0.3) is 11.7 Å². The Morgan fingerprint density at radius 2 is 1.80 bits per heavy atom. The van der Waals surface area contributed by atoms with Crippen molar-refractivity contribution in [3.63, 3.8) is 0 Å². The van der Waals surface area contributed by atoms with Crippen molar-refractivity contribution in [2.24, 2.45) is 0 Å². The highest BCUT2D eigenvalue weighted by atomic mass is 16.5. The number of carbonyl (C=O) groups excluding carboxylic acids is 2. The molecule has 0 bridgehead atoms. The molecular formula is C25H27NO4. The van der Waals surface area contributed by atoms with Crippen LogP contribution in [0.25, 0.3) is 5.76 Å². The summed E-state index contributed by atoms with van der Waals surface area (Å²) in [6.45, 7) is 5.25. The van der Waals surface area contributed by atoms with Crippen molar-refractivity contribution in [3.05, 3.63) is 76.9 Å². The van der Waals surface area contributed by atoms with Crippen LogP contribution in [0.4, 0.5) is 0 Å². The second-order valence-corrected chi connectivity index (χ2v) is 8.27. The lowest BCUT2D eigenvalue weighted by Gasteiger charge is -2.27. The number of aliphatic hydroxyl groups is 1. The standard InChI is InChI=1S/C25H27NO4/c1-16(2)17-10-12-18(13-11-17)22-21(23(27)19-7-4-3-5-8-19)24(28)25(29)26(22)15-20-9-6-14-30-20/h3-5,7-8,10-13,16,20,22,27H,6,9,14-15H2,1-2H3/t20-,22-/m0/s1. The van der Waals surface area contributed by atoms with E-state index in [0.717, 1.165) is 18.4 Å². The molecule has 5 heteroatoms. The van der Waals surface area contributed by atoms with Gasteiger partial charge in [-0.05, 0) is 29.9 Å². The summed E-state index contributed by atoms with van der Waals surface area (Å²) >= 11 is 0. The van der Waals surface area contributed by atoms with Crippen LogP contribution in [-0.2, 0) is 14.3 Å². The van der Waals surface area contributed by atoms with Gasteiger partial charge in [-0.2, -0.15) is 0 Å². The number of amides is 1. The molecule has 0 unspecified atom stereocenters. The summed E-state index contributed by atoms with van der Waals surface area (Å²) in [6, 6.07) is 16.2. The molecule has 1 amide bonds. The predicted molar refractivity (Wildman–Crippen MR) is 115 cm³/mol. The number of ketones is 1. The van der Waals surface area contributed by atoms with E-state index in [2.05, 4.69) is 13.8 Å². The summed E-state index contributed by atoms with van der Waals surface area (Å²) in [4.78, 5) is 27.6. The normalized spacial score (nSPS) is 23.5. The number of ether oxygens (including phenoxy) is 1. The first-order valence-corrected chi connectivity index (χ1v) is 10.5. The van der Waals surface area contributed by atoms with Crippen molar-refractivity contribution >= 4 is 17.4 Å². The molecule has 30 heavy (non-hydrogen) atoms.